The van der Waals surface area contributed by atoms with Crippen LogP contribution in [0.1, 0.15) is 15.9 Å². The fourth-order valence-electron chi connectivity index (χ4n) is 1.53. The molecule has 2 heterocycles. The second-order valence-electron chi connectivity index (χ2n) is 3.07. The van der Waals surface area contributed by atoms with Crippen molar-refractivity contribution in [3.8, 4) is 0 Å². The van der Waals surface area contributed by atoms with E-state index in [9.17, 15) is 4.79 Å². The highest BCUT2D eigenvalue weighted by Crippen LogP contribution is 2.21. The van der Waals surface area contributed by atoms with Crippen LogP contribution in [0.2, 0.25) is 0 Å². The van der Waals surface area contributed by atoms with Crippen molar-refractivity contribution in [2.24, 2.45) is 0 Å². The molecule has 0 bridgehead atoms. The summed E-state index contributed by atoms with van der Waals surface area (Å²) in [6.07, 6.45) is 5.06. The average Bonchev–Trinajstić information content (AvgIpc) is 2.62. The lowest BCUT2D eigenvalue weighted by atomic mass is 10.1. The first-order chi connectivity index (χ1) is 6.74. The standard InChI is InChI=1S/C10H10N2O2/c1-6-3-11-5-8-9(6)7(4-12-8)10(13)14-2/h3-5,12H,1-2H3. The molecule has 0 aromatic carbocycles. The number of H-pyrrole nitrogens is 1. The minimum Gasteiger partial charge on any atom is -0.465 e. The third-order valence-corrected chi connectivity index (χ3v) is 2.18. The molecule has 14 heavy (non-hydrogen) atoms. The summed E-state index contributed by atoms with van der Waals surface area (Å²) in [7, 11) is 1.37. The van der Waals surface area contributed by atoms with Gasteiger partial charge in [0.05, 0.1) is 24.4 Å². The van der Waals surface area contributed by atoms with Gasteiger partial charge < -0.3 is 9.72 Å². The predicted molar refractivity (Wildman–Crippen MR) is 52.2 cm³/mol. The van der Waals surface area contributed by atoms with Crippen molar-refractivity contribution in [3.63, 3.8) is 0 Å². The summed E-state index contributed by atoms with van der Waals surface area (Å²) in [5.74, 6) is -0.328. The lowest BCUT2D eigenvalue weighted by Gasteiger charge is -1.98. The second-order valence-corrected chi connectivity index (χ2v) is 3.07. The first kappa shape index (κ1) is 8.74. The summed E-state index contributed by atoms with van der Waals surface area (Å²) in [6.45, 7) is 1.91. The van der Waals surface area contributed by atoms with E-state index in [0.717, 1.165) is 16.5 Å². The maximum absolute atomic E-state index is 11.4. The summed E-state index contributed by atoms with van der Waals surface area (Å²) in [5.41, 5.74) is 2.37. The molecule has 1 N–H and O–H groups in total. The van der Waals surface area contributed by atoms with Crippen LogP contribution < -0.4 is 0 Å². The van der Waals surface area contributed by atoms with Crippen LogP contribution in [-0.2, 0) is 4.74 Å². The predicted octanol–water partition coefficient (Wildman–Crippen LogP) is 1.66. The first-order valence-corrected chi connectivity index (χ1v) is 4.24. The Hall–Kier alpha value is -1.84. The van der Waals surface area contributed by atoms with Gasteiger partial charge in [-0.15, -0.1) is 0 Å². The highest BCUT2D eigenvalue weighted by Gasteiger charge is 2.13. The monoisotopic (exact) mass is 190 g/mol. The molecular weight excluding hydrogens is 180 g/mol. The van der Waals surface area contributed by atoms with E-state index in [1.54, 1.807) is 18.6 Å². The molecule has 0 radical (unpaired) electrons. The number of methoxy groups -OCH3 is 1. The van der Waals surface area contributed by atoms with Gasteiger partial charge in [-0.2, -0.15) is 0 Å². The van der Waals surface area contributed by atoms with Crippen LogP contribution in [0.3, 0.4) is 0 Å². The van der Waals surface area contributed by atoms with Crippen LogP contribution in [0.5, 0.6) is 0 Å². The molecule has 0 atom stereocenters. The Kier molecular flexibility index (Phi) is 1.96. The van der Waals surface area contributed by atoms with Gasteiger partial charge in [-0.3, -0.25) is 4.98 Å². The van der Waals surface area contributed by atoms with E-state index in [1.165, 1.54) is 7.11 Å². The quantitative estimate of drug-likeness (QED) is 0.696. The number of fused-ring (bicyclic) bond motifs is 1. The molecule has 0 aliphatic carbocycles. The van der Waals surface area contributed by atoms with Crippen LogP contribution >= 0.6 is 0 Å². The number of hydrogen-bond donors (Lipinski definition) is 1. The van der Waals surface area contributed by atoms with E-state index in [0.29, 0.717) is 5.56 Å². The summed E-state index contributed by atoms with van der Waals surface area (Å²) >= 11 is 0. The summed E-state index contributed by atoms with van der Waals surface area (Å²) in [6, 6.07) is 0. The van der Waals surface area contributed by atoms with E-state index in [2.05, 4.69) is 14.7 Å². The molecule has 0 saturated carbocycles. The van der Waals surface area contributed by atoms with Crippen molar-refractivity contribution in [1.82, 2.24) is 9.97 Å². The topological polar surface area (TPSA) is 55.0 Å². The molecule has 0 unspecified atom stereocenters. The maximum atomic E-state index is 11.4. The van der Waals surface area contributed by atoms with Crippen molar-refractivity contribution in [2.75, 3.05) is 7.11 Å². The number of carbonyl (C=O) groups excluding carboxylic acids is 1. The Morgan fingerprint density at radius 2 is 2.29 bits per heavy atom. The van der Waals surface area contributed by atoms with Gasteiger partial charge in [-0.05, 0) is 12.5 Å². The van der Waals surface area contributed by atoms with Gasteiger partial charge in [-0.1, -0.05) is 0 Å². The number of carbonyl (C=O) groups is 1. The average molecular weight is 190 g/mol. The normalized spacial score (nSPS) is 10.4. The molecule has 0 aliphatic heterocycles. The Morgan fingerprint density at radius 3 is 3.00 bits per heavy atom. The van der Waals surface area contributed by atoms with Gasteiger partial charge in [0.25, 0.3) is 0 Å². The second kappa shape index (κ2) is 3.14. The Bertz CT molecular complexity index is 488. The number of aromatic amines is 1. The lowest BCUT2D eigenvalue weighted by molar-refractivity contribution is 0.0603. The molecule has 0 spiro atoms. The highest BCUT2D eigenvalue weighted by atomic mass is 16.5. The van der Waals surface area contributed by atoms with Crippen LogP contribution in [-0.4, -0.2) is 23.0 Å². The third kappa shape index (κ3) is 1.16. The molecule has 0 saturated heterocycles. The van der Waals surface area contributed by atoms with Gasteiger partial charge in [0, 0.05) is 17.8 Å². The fourth-order valence-corrected chi connectivity index (χ4v) is 1.53. The zero-order valence-electron chi connectivity index (χ0n) is 8.00. The number of esters is 1. The molecule has 2 aromatic rings. The first-order valence-electron chi connectivity index (χ1n) is 4.24. The minimum atomic E-state index is -0.328. The SMILES string of the molecule is COC(=O)c1c[nH]c2cncc(C)c12. The molecule has 0 fully saturated rings. The zero-order chi connectivity index (χ0) is 10.1. The Balaban J connectivity index is 2.73. The summed E-state index contributed by atoms with van der Waals surface area (Å²) in [5, 5.41) is 0.881. The van der Waals surface area contributed by atoms with Crippen LogP contribution in [0.25, 0.3) is 10.9 Å². The number of ether oxygens (including phenoxy) is 1. The molecule has 2 aromatic heterocycles. The number of pyridine rings is 1. The van der Waals surface area contributed by atoms with Crippen molar-refractivity contribution in [2.45, 2.75) is 6.92 Å². The van der Waals surface area contributed by atoms with Crippen LogP contribution in [0.15, 0.2) is 18.6 Å². The Morgan fingerprint density at radius 1 is 1.50 bits per heavy atom. The number of aryl methyl sites for hydroxylation is 1. The molecule has 2 rings (SSSR count). The third-order valence-electron chi connectivity index (χ3n) is 2.18. The molecule has 0 amide bonds. The zero-order valence-corrected chi connectivity index (χ0v) is 8.00. The van der Waals surface area contributed by atoms with E-state index in [1.807, 2.05) is 6.92 Å². The fraction of sp³-hybridized carbons (Fsp3) is 0.200. The van der Waals surface area contributed by atoms with Gasteiger partial charge >= 0.3 is 5.97 Å². The van der Waals surface area contributed by atoms with Gasteiger partial charge in [0.2, 0.25) is 0 Å². The molecule has 0 aliphatic rings. The molecule has 72 valence electrons. The number of hydrogen-bond acceptors (Lipinski definition) is 3. The van der Waals surface area contributed by atoms with Crippen molar-refractivity contribution in [1.29, 1.82) is 0 Å². The van der Waals surface area contributed by atoms with Crippen molar-refractivity contribution >= 4 is 16.9 Å². The van der Waals surface area contributed by atoms with Crippen molar-refractivity contribution < 1.29 is 9.53 Å². The van der Waals surface area contributed by atoms with Gasteiger partial charge in [0.15, 0.2) is 0 Å². The Labute approximate surface area is 80.9 Å². The number of aromatic nitrogens is 2. The van der Waals surface area contributed by atoms with Crippen molar-refractivity contribution in [3.05, 3.63) is 29.7 Å². The van der Waals surface area contributed by atoms with Gasteiger partial charge in [0.1, 0.15) is 0 Å². The number of nitrogens with zero attached hydrogens (tertiary/aromatic N) is 1. The van der Waals surface area contributed by atoms with Crippen LogP contribution in [0, 0.1) is 6.92 Å². The number of nitrogens with one attached hydrogen (secondary N) is 1. The number of rotatable bonds is 1. The minimum absolute atomic E-state index is 0.328. The van der Waals surface area contributed by atoms with E-state index >= 15 is 0 Å². The van der Waals surface area contributed by atoms with E-state index < -0.39 is 0 Å². The van der Waals surface area contributed by atoms with Gasteiger partial charge in [-0.25, -0.2) is 4.79 Å². The summed E-state index contributed by atoms with van der Waals surface area (Å²) < 4.78 is 4.68. The molecule has 4 heteroatoms. The molecular formula is C10H10N2O2. The molecule has 4 nitrogen and oxygen atoms in total. The lowest BCUT2D eigenvalue weighted by Crippen LogP contribution is -2.00. The largest absolute Gasteiger partial charge is 0.465 e. The maximum Gasteiger partial charge on any atom is 0.340 e. The van der Waals surface area contributed by atoms with E-state index in [4.69, 9.17) is 0 Å². The van der Waals surface area contributed by atoms with Crippen LogP contribution in [0.4, 0.5) is 0 Å². The van der Waals surface area contributed by atoms with E-state index in [-0.39, 0.29) is 5.97 Å². The smallest absolute Gasteiger partial charge is 0.340 e. The highest BCUT2D eigenvalue weighted by molar-refractivity contribution is 6.05. The summed E-state index contributed by atoms with van der Waals surface area (Å²) in [4.78, 5) is 18.4.